The molecule has 1 aromatic carbocycles. The molecule has 2 aliphatic heterocycles. The highest BCUT2D eigenvalue weighted by atomic mass is 32.1. The molecule has 1 amide bonds. The van der Waals surface area contributed by atoms with Gasteiger partial charge in [-0.1, -0.05) is 0 Å². The van der Waals surface area contributed by atoms with E-state index in [-0.39, 0.29) is 5.91 Å². The quantitative estimate of drug-likeness (QED) is 0.642. The molecule has 1 atom stereocenters. The fraction of sp³-hybridized carbons (Fsp3) is 0.409. The first kappa shape index (κ1) is 20.2. The minimum atomic E-state index is -0.494. The van der Waals surface area contributed by atoms with Gasteiger partial charge in [0.05, 0.1) is 30.8 Å². The summed E-state index contributed by atoms with van der Waals surface area (Å²) in [5, 5.41) is 7.40. The van der Waals surface area contributed by atoms with Gasteiger partial charge >= 0.3 is 0 Å². The summed E-state index contributed by atoms with van der Waals surface area (Å²) in [5.41, 5.74) is 2.67. The molecule has 162 valence electrons. The van der Waals surface area contributed by atoms with Crippen LogP contribution in [0.15, 0.2) is 18.2 Å². The summed E-state index contributed by atoms with van der Waals surface area (Å²) >= 11 is 1.69. The van der Waals surface area contributed by atoms with Crippen LogP contribution in [-0.4, -0.2) is 53.2 Å². The number of amides is 1. The van der Waals surface area contributed by atoms with E-state index in [1.165, 1.54) is 10.4 Å². The number of aromatic nitrogens is 2. The standard InChI is InChI=1S/C22H25N5O3S/c1-12-14(3)31-22-19(12)20(25-18(26-22)11-27-6-8-29-9-7-27)23-15-4-5-17-16(10-15)24-21(28)13(2)30-17/h4-5,10,13H,6-9,11H2,1-3H3,(H,24,28)(H,23,25,26)/t13-/m1/s1. The zero-order valence-electron chi connectivity index (χ0n) is 17.8. The van der Waals surface area contributed by atoms with Gasteiger partial charge in [-0.2, -0.15) is 0 Å². The second kappa shape index (κ2) is 8.07. The molecule has 8 nitrogen and oxygen atoms in total. The number of morpholine rings is 1. The molecule has 0 aliphatic carbocycles. The summed E-state index contributed by atoms with van der Waals surface area (Å²) in [7, 11) is 0. The average Bonchev–Trinajstić information content (AvgIpc) is 3.03. The molecule has 2 aromatic heterocycles. The minimum absolute atomic E-state index is 0.147. The van der Waals surface area contributed by atoms with Crippen LogP contribution in [0.4, 0.5) is 17.2 Å². The van der Waals surface area contributed by atoms with E-state index < -0.39 is 6.10 Å². The molecule has 0 radical (unpaired) electrons. The molecule has 1 fully saturated rings. The number of anilines is 3. The van der Waals surface area contributed by atoms with E-state index in [0.29, 0.717) is 18.0 Å². The highest BCUT2D eigenvalue weighted by Crippen LogP contribution is 2.37. The molecule has 9 heteroatoms. The minimum Gasteiger partial charge on any atom is -0.479 e. The number of thiophene rings is 1. The zero-order valence-corrected chi connectivity index (χ0v) is 18.6. The van der Waals surface area contributed by atoms with Crippen molar-refractivity contribution in [3.8, 4) is 5.75 Å². The monoisotopic (exact) mass is 439 g/mol. The van der Waals surface area contributed by atoms with Crippen LogP contribution in [0.1, 0.15) is 23.2 Å². The van der Waals surface area contributed by atoms with Crippen LogP contribution in [0, 0.1) is 13.8 Å². The van der Waals surface area contributed by atoms with Crippen LogP contribution in [-0.2, 0) is 16.1 Å². The van der Waals surface area contributed by atoms with Gasteiger partial charge in [-0.25, -0.2) is 9.97 Å². The number of nitrogens with zero attached hydrogens (tertiary/aromatic N) is 3. The summed E-state index contributed by atoms with van der Waals surface area (Å²) in [5.74, 6) is 2.10. The molecule has 2 aliphatic rings. The smallest absolute Gasteiger partial charge is 0.265 e. The number of aryl methyl sites for hydroxylation is 2. The van der Waals surface area contributed by atoms with Crippen molar-refractivity contribution < 1.29 is 14.3 Å². The number of hydrogen-bond acceptors (Lipinski definition) is 8. The number of carbonyl (C=O) groups excluding carboxylic acids is 1. The SMILES string of the molecule is Cc1sc2nc(CN3CCOCC3)nc(Nc3ccc4c(c3)NC(=O)[C@@H](C)O4)c2c1C. The van der Waals surface area contributed by atoms with E-state index in [1.807, 2.05) is 18.2 Å². The fourth-order valence-corrected chi connectivity index (χ4v) is 4.89. The predicted octanol–water partition coefficient (Wildman–Crippen LogP) is 3.60. The van der Waals surface area contributed by atoms with Crippen molar-refractivity contribution in [1.29, 1.82) is 0 Å². The Kier molecular flexibility index (Phi) is 5.25. The third kappa shape index (κ3) is 3.96. The zero-order chi connectivity index (χ0) is 21.5. The first-order chi connectivity index (χ1) is 15.0. The normalized spacial score (nSPS) is 19.1. The molecular formula is C22H25N5O3S. The highest BCUT2D eigenvalue weighted by molar-refractivity contribution is 7.18. The summed E-state index contributed by atoms with van der Waals surface area (Å²) in [6.07, 6.45) is -0.494. The maximum Gasteiger partial charge on any atom is 0.265 e. The number of rotatable bonds is 4. The summed E-state index contributed by atoms with van der Waals surface area (Å²) in [6, 6.07) is 5.68. The molecule has 0 bridgehead atoms. The fourth-order valence-electron chi connectivity index (χ4n) is 3.84. The van der Waals surface area contributed by atoms with E-state index in [1.54, 1.807) is 18.3 Å². The lowest BCUT2D eigenvalue weighted by Crippen LogP contribution is -2.36. The Balaban J connectivity index is 1.49. The van der Waals surface area contributed by atoms with Crippen LogP contribution in [0.5, 0.6) is 5.75 Å². The molecule has 2 N–H and O–H groups in total. The molecule has 3 aromatic rings. The van der Waals surface area contributed by atoms with Crippen molar-refractivity contribution in [1.82, 2.24) is 14.9 Å². The summed E-state index contributed by atoms with van der Waals surface area (Å²) in [6.45, 7) is 9.89. The lowest BCUT2D eigenvalue weighted by Gasteiger charge is -2.26. The number of fused-ring (bicyclic) bond motifs is 2. The highest BCUT2D eigenvalue weighted by Gasteiger charge is 2.24. The largest absolute Gasteiger partial charge is 0.479 e. The van der Waals surface area contributed by atoms with E-state index >= 15 is 0 Å². The van der Waals surface area contributed by atoms with Gasteiger partial charge in [0.25, 0.3) is 5.91 Å². The maximum absolute atomic E-state index is 12.0. The molecule has 31 heavy (non-hydrogen) atoms. The van der Waals surface area contributed by atoms with Crippen LogP contribution in [0.25, 0.3) is 10.2 Å². The second-order valence-corrected chi connectivity index (χ2v) is 9.13. The van der Waals surface area contributed by atoms with Gasteiger partial charge in [-0.05, 0) is 44.5 Å². The third-order valence-corrected chi connectivity index (χ3v) is 6.82. The number of hydrogen-bond donors (Lipinski definition) is 2. The first-order valence-corrected chi connectivity index (χ1v) is 11.2. The molecule has 0 spiro atoms. The van der Waals surface area contributed by atoms with Gasteiger partial charge in [0, 0.05) is 23.7 Å². The van der Waals surface area contributed by atoms with Crippen LogP contribution >= 0.6 is 11.3 Å². The van der Waals surface area contributed by atoms with E-state index in [4.69, 9.17) is 19.4 Å². The molecule has 0 unspecified atom stereocenters. The van der Waals surface area contributed by atoms with Gasteiger partial charge in [0.15, 0.2) is 6.10 Å². The molecule has 0 saturated carbocycles. The van der Waals surface area contributed by atoms with Crippen LogP contribution in [0.3, 0.4) is 0 Å². The molecule has 1 saturated heterocycles. The second-order valence-electron chi connectivity index (χ2n) is 7.93. The van der Waals surface area contributed by atoms with Gasteiger partial charge in [-0.3, -0.25) is 9.69 Å². The Hall–Kier alpha value is -2.75. The predicted molar refractivity (Wildman–Crippen MR) is 121 cm³/mol. The topological polar surface area (TPSA) is 88.6 Å². The molecular weight excluding hydrogens is 414 g/mol. The number of carbonyl (C=O) groups is 1. The van der Waals surface area contributed by atoms with Gasteiger partial charge < -0.3 is 20.1 Å². The number of benzene rings is 1. The van der Waals surface area contributed by atoms with Crippen molar-refractivity contribution in [2.24, 2.45) is 0 Å². The van der Waals surface area contributed by atoms with Crippen molar-refractivity contribution in [3.05, 3.63) is 34.5 Å². The Morgan fingerprint density at radius 2 is 2.06 bits per heavy atom. The molecule has 4 heterocycles. The third-order valence-electron chi connectivity index (χ3n) is 5.72. The average molecular weight is 440 g/mol. The van der Waals surface area contributed by atoms with Crippen LogP contribution < -0.4 is 15.4 Å². The summed E-state index contributed by atoms with van der Waals surface area (Å²) < 4.78 is 11.1. The van der Waals surface area contributed by atoms with Gasteiger partial charge in [0.2, 0.25) is 0 Å². The Bertz CT molecular complexity index is 1160. The Labute approximate surface area is 184 Å². The van der Waals surface area contributed by atoms with Gasteiger partial charge in [0.1, 0.15) is 22.2 Å². The van der Waals surface area contributed by atoms with E-state index in [0.717, 1.165) is 53.8 Å². The number of ether oxygens (including phenoxy) is 2. The van der Waals surface area contributed by atoms with Crippen molar-refractivity contribution >= 4 is 44.7 Å². The Morgan fingerprint density at radius 3 is 2.87 bits per heavy atom. The summed E-state index contributed by atoms with van der Waals surface area (Å²) in [4.78, 5) is 26.3. The van der Waals surface area contributed by atoms with Crippen molar-refractivity contribution in [2.75, 3.05) is 36.9 Å². The van der Waals surface area contributed by atoms with E-state index in [2.05, 4.69) is 29.4 Å². The Morgan fingerprint density at radius 1 is 1.26 bits per heavy atom. The van der Waals surface area contributed by atoms with E-state index in [9.17, 15) is 4.79 Å². The first-order valence-electron chi connectivity index (χ1n) is 10.4. The van der Waals surface area contributed by atoms with Crippen molar-refractivity contribution in [3.63, 3.8) is 0 Å². The number of nitrogens with one attached hydrogen (secondary N) is 2. The van der Waals surface area contributed by atoms with Gasteiger partial charge in [-0.15, -0.1) is 11.3 Å². The van der Waals surface area contributed by atoms with Crippen LogP contribution in [0.2, 0.25) is 0 Å². The lowest BCUT2D eigenvalue weighted by atomic mass is 10.2. The maximum atomic E-state index is 12.0. The van der Waals surface area contributed by atoms with Crippen molar-refractivity contribution in [2.45, 2.75) is 33.4 Å². The lowest BCUT2D eigenvalue weighted by molar-refractivity contribution is -0.122. The molecule has 5 rings (SSSR count).